The van der Waals surface area contributed by atoms with Crippen LogP contribution in [0.15, 0.2) is 18.3 Å². The van der Waals surface area contributed by atoms with Gasteiger partial charge in [-0.05, 0) is 6.07 Å². The van der Waals surface area contributed by atoms with Gasteiger partial charge >= 0.3 is 12.0 Å². The summed E-state index contributed by atoms with van der Waals surface area (Å²) in [7, 11) is 0. The molecule has 2 heterocycles. The number of nitrogens with zero attached hydrogens (tertiary/aromatic N) is 3. The molecule has 0 aromatic carbocycles. The summed E-state index contributed by atoms with van der Waals surface area (Å²) in [5.74, 6) is -0.535. The van der Waals surface area contributed by atoms with E-state index < -0.39 is 5.97 Å². The third kappa shape index (κ3) is 4.34. The van der Waals surface area contributed by atoms with Gasteiger partial charge in [0.1, 0.15) is 12.2 Å². The number of pyridine rings is 1. The summed E-state index contributed by atoms with van der Waals surface area (Å²) in [5.41, 5.74) is 0.457. The summed E-state index contributed by atoms with van der Waals surface area (Å²) in [6.45, 7) is 1.06. The first-order valence-corrected chi connectivity index (χ1v) is 6.86. The smallest absolute Gasteiger partial charge is 0.317 e. The number of likely N-dealkylation sites (tertiary alicyclic amines) is 1. The number of carboxylic acid groups (broad SMARTS) is 1. The highest BCUT2D eigenvalue weighted by atomic mass is 16.5. The van der Waals surface area contributed by atoms with Crippen LogP contribution in [0.1, 0.15) is 18.4 Å². The van der Waals surface area contributed by atoms with Crippen molar-refractivity contribution in [2.24, 2.45) is 0 Å². The van der Waals surface area contributed by atoms with Gasteiger partial charge in [-0.15, -0.1) is 0 Å². The van der Waals surface area contributed by atoms with E-state index in [9.17, 15) is 9.59 Å². The van der Waals surface area contributed by atoms with Gasteiger partial charge in [0.25, 0.3) is 0 Å². The van der Waals surface area contributed by atoms with E-state index in [4.69, 9.17) is 15.1 Å². The Balaban J connectivity index is 1.78. The highest BCUT2D eigenvalue weighted by molar-refractivity contribution is 5.75. The third-order valence-electron chi connectivity index (χ3n) is 3.20. The molecule has 116 valence electrons. The van der Waals surface area contributed by atoms with Crippen molar-refractivity contribution in [2.75, 3.05) is 19.6 Å². The predicted molar refractivity (Wildman–Crippen MR) is 75.2 cm³/mol. The Labute approximate surface area is 127 Å². The molecular weight excluding hydrogens is 288 g/mol. The molecule has 1 aliphatic rings. The van der Waals surface area contributed by atoms with Gasteiger partial charge in [0.15, 0.2) is 0 Å². The van der Waals surface area contributed by atoms with Crippen LogP contribution in [0.25, 0.3) is 0 Å². The average Bonchev–Trinajstić information content (AvgIpc) is 2.96. The van der Waals surface area contributed by atoms with Crippen LogP contribution < -0.4 is 10.1 Å². The average molecular weight is 304 g/mol. The summed E-state index contributed by atoms with van der Waals surface area (Å²) < 4.78 is 5.66. The van der Waals surface area contributed by atoms with Crippen molar-refractivity contribution < 1.29 is 19.4 Å². The zero-order valence-corrected chi connectivity index (χ0v) is 11.9. The Bertz CT molecular complexity index is 582. The summed E-state index contributed by atoms with van der Waals surface area (Å²) in [6, 6.07) is 4.92. The molecule has 1 unspecified atom stereocenters. The first-order valence-electron chi connectivity index (χ1n) is 6.86. The van der Waals surface area contributed by atoms with Gasteiger partial charge in [0, 0.05) is 31.8 Å². The van der Waals surface area contributed by atoms with E-state index in [2.05, 4.69) is 10.3 Å². The molecular formula is C14H16N4O4. The normalized spacial score (nSPS) is 16.9. The van der Waals surface area contributed by atoms with Crippen LogP contribution in [0.4, 0.5) is 4.79 Å². The van der Waals surface area contributed by atoms with Gasteiger partial charge in [-0.2, -0.15) is 5.26 Å². The summed E-state index contributed by atoms with van der Waals surface area (Å²) >= 11 is 0. The predicted octanol–water partition coefficient (Wildman–Crippen LogP) is 0.591. The van der Waals surface area contributed by atoms with Gasteiger partial charge in [0.2, 0.25) is 5.88 Å². The van der Waals surface area contributed by atoms with Gasteiger partial charge in [-0.1, -0.05) is 0 Å². The summed E-state index contributed by atoms with van der Waals surface area (Å²) in [5, 5.41) is 19.8. The zero-order chi connectivity index (χ0) is 15.9. The number of hydrogen-bond acceptors (Lipinski definition) is 5. The molecule has 2 N–H and O–H groups in total. The largest absolute Gasteiger partial charge is 0.481 e. The molecule has 1 aromatic heterocycles. The number of carboxylic acids is 1. The lowest BCUT2D eigenvalue weighted by molar-refractivity contribution is -0.136. The number of amides is 2. The van der Waals surface area contributed by atoms with Crippen molar-refractivity contribution in [3.63, 3.8) is 0 Å². The van der Waals surface area contributed by atoms with Crippen molar-refractivity contribution in [1.29, 1.82) is 5.26 Å². The molecule has 8 nitrogen and oxygen atoms in total. The van der Waals surface area contributed by atoms with Crippen molar-refractivity contribution in [3.8, 4) is 11.9 Å². The number of aliphatic carboxylic acids is 1. The number of aromatic nitrogens is 1. The number of nitriles is 1. The Morgan fingerprint density at radius 2 is 2.36 bits per heavy atom. The lowest BCUT2D eigenvalue weighted by Gasteiger charge is -2.17. The minimum atomic E-state index is -0.949. The lowest BCUT2D eigenvalue weighted by Crippen LogP contribution is -2.40. The molecule has 1 aliphatic heterocycles. The number of rotatable bonds is 5. The topological polar surface area (TPSA) is 116 Å². The highest BCUT2D eigenvalue weighted by Crippen LogP contribution is 2.16. The maximum absolute atomic E-state index is 11.8. The molecule has 0 aliphatic carbocycles. The SMILES string of the molecule is N#Cc1ccc(OC2CCN(C(=O)NCCC(=O)O)C2)nc1. The monoisotopic (exact) mass is 304 g/mol. The Kier molecular flexibility index (Phi) is 5.14. The van der Waals surface area contributed by atoms with Crippen LogP contribution in [0.5, 0.6) is 5.88 Å². The number of carbonyl (C=O) groups excluding carboxylic acids is 1. The number of ether oxygens (including phenoxy) is 1. The second kappa shape index (κ2) is 7.26. The minimum absolute atomic E-state index is 0.103. The van der Waals surface area contributed by atoms with Crippen LogP contribution in [0, 0.1) is 11.3 Å². The van der Waals surface area contributed by atoms with Gasteiger partial charge in [-0.25, -0.2) is 9.78 Å². The quantitative estimate of drug-likeness (QED) is 0.822. The molecule has 0 saturated carbocycles. The van der Waals surface area contributed by atoms with E-state index in [1.807, 2.05) is 6.07 Å². The van der Waals surface area contributed by atoms with E-state index in [-0.39, 0.29) is 25.1 Å². The van der Waals surface area contributed by atoms with E-state index in [0.29, 0.717) is 31.0 Å². The molecule has 2 rings (SSSR count). The van der Waals surface area contributed by atoms with Gasteiger partial charge in [-0.3, -0.25) is 4.79 Å². The molecule has 2 amide bonds. The molecule has 1 aromatic rings. The molecule has 8 heteroatoms. The van der Waals surface area contributed by atoms with Crippen LogP contribution in [0.2, 0.25) is 0 Å². The first kappa shape index (κ1) is 15.6. The van der Waals surface area contributed by atoms with Crippen LogP contribution in [-0.4, -0.2) is 52.7 Å². The second-order valence-electron chi connectivity index (χ2n) is 4.85. The van der Waals surface area contributed by atoms with Crippen LogP contribution in [0.3, 0.4) is 0 Å². The number of urea groups is 1. The molecule has 1 saturated heterocycles. The Morgan fingerprint density at radius 3 is 3.00 bits per heavy atom. The zero-order valence-electron chi connectivity index (χ0n) is 11.9. The third-order valence-corrected chi connectivity index (χ3v) is 3.20. The van der Waals surface area contributed by atoms with Gasteiger partial charge in [0.05, 0.1) is 18.5 Å². The van der Waals surface area contributed by atoms with Crippen molar-refractivity contribution >= 4 is 12.0 Å². The van der Waals surface area contributed by atoms with E-state index in [1.165, 1.54) is 6.20 Å². The Hall–Kier alpha value is -2.82. The highest BCUT2D eigenvalue weighted by Gasteiger charge is 2.27. The Morgan fingerprint density at radius 1 is 1.55 bits per heavy atom. The minimum Gasteiger partial charge on any atom is -0.481 e. The summed E-state index contributed by atoms with van der Waals surface area (Å²) in [6.07, 6.45) is 1.84. The number of hydrogen-bond donors (Lipinski definition) is 2. The molecule has 22 heavy (non-hydrogen) atoms. The first-order chi connectivity index (χ1) is 10.6. The van der Waals surface area contributed by atoms with E-state index >= 15 is 0 Å². The number of nitrogens with one attached hydrogen (secondary N) is 1. The standard InChI is InChI=1S/C14H16N4O4/c15-7-10-1-2-12(17-8-10)22-11-4-6-18(9-11)14(21)16-5-3-13(19)20/h1-2,8,11H,3-6,9H2,(H,16,21)(H,19,20). The van der Waals surface area contributed by atoms with Crippen LogP contribution in [-0.2, 0) is 4.79 Å². The number of carbonyl (C=O) groups is 2. The second-order valence-corrected chi connectivity index (χ2v) is 4.85. The maximum atomic E-state index is 11.8. The van der Waals surface area contributed by atoms with E-state index in [1.54, 1.807) is 17.0 Å². The molecule has 0 spiro atoms. The van der Waals surface area contributed by atoms with Gasteiger partial charge < -0.3 is 20.1 Å². The summed E-state index contributed by atoms with van der Waals surface area (Å²) in [4.78, 5) is 27.8. The fraction of sp³-hybridized carbons (Fsp3) is 0.429. The van der Waals surface area contributed by atoms with Crippen LogP contribution >= 0.6 is 0 Å². The molecule has 0 bridgehead atoms. The lowest BCUT2D eigenvalue weighted by atomic mass is 10.3. The fourth-order valence-corrected chi connectivity index (χ4v) is 2.08. The molecule has 0 radical (unpaired) electrons. The van der Waals surface area contributed by atoms with Crippen molar-refractivity contribution in [3.05, 3.63) is 23.9 Å². The van der Waals surface area contributed by atoms with E-state index in [0.717, 1.165) is 0 Å². The fourth-order valence-electron chi connectivity index (χ4n) is 2.08. The maximum Gasteiger partial charge on any atom is 0.317 e. The van der Waals surface area contributed by atoms with Crippen molar-refractivity contribution in [1.82, 2.24) is 15.2 Å². The van der Waals surface area contributed by atoms with Crippen molar-refractivity contribution in [2.45, 2.75) is 18.9 Å². The molecule has 1 fully saturated rings. The molecule has 1 atom stereocenters.